The predicted octanol–water partition coefficient (Wildman–Crippen LogP) is 5.35. The van der Waals surface area contributed by atoms with Gasteiger partial charge in [-0.3, -0.25) is 9.78 Å². The van der Waals surface area contributed by atoms with E-state index in [0.29, 0.717) is 17.3 Å². The van der Waals surface area contributed by atoms with Gasteiger partial charge in [0.05, 0.1) is 33.1 Å². The van der Waals surface area contributed by atoms with Crippen molar-refractivity contribution in [2.75, 3.05) is 5.32 Å². The Labute approximate surface area is 175 Å². The molecule has 0 unspecified atom stereocenters. The number of aromatic nitrogens is 3. The van der Waals surface area contributed by atoms with Crippen LogP contribution in [0.4, 0.5) is 5.69 Å². The summed E-state index contributed by atoms with van der Waals surface area (Å²) >= 11 is 18.1. The van der Waals surface area contributed by atoms with Gasteiger partial charge in [-0.1, -0.05) is 59.1 Å². The van der Waals surface area contributed by atoms with Gasteiger partial charge in [0.25, 0.3) is 5.56 Å². The van der Waals surface area contributed by atoms with Gasteiger partial charge in [-0.2, -0.15) is 9.78 Å². The van der Waals surface area contributed by atoms with E-state index in [1.807, 2.05) is 30.3 Å². The van der Waals surface area contributed by atoms with Crippen LogP contribution in [0.3, 0.4) is 0 Å². The Kier molecular flexibility index (Phi) is 5.22. The van der Waals surface area contributed by atoms with Crippen LogP contribution >= 0.6 is 34.8 Å². The molecule has 0 aliphatic heterocycles. The van der Waals surface area contributed by atoms with Crippen LogP contribution < -0.4 is 10.9 Å². The molecule has 0 bridgehead atoms. The van der Waals surface area contributed by atoms with Crippen LogP contribution in [0.1, 0.15) is 5.56 Å². The standard InChI is InChI=1S/C20H13Cl3N4O/c21-15-9-14(27-20(28)18(23)16(22)11-26-27)6-7-17(15)25-10-13-4-1-3-12-5-2-8-24-19(12)13/h1-9,11,25H,10H2. The number of halogens is 3. The number of hydrogen-bond donors (Lipinski definition) is 1. The second-order valence-electron chi connectivity index (χ2n) is 6.03. The van der Waals surface area contributed by atoms with Crippen molar-refractivity contribution >= 4 is 51.4 Å². The van der Waals surface area contributed by atoms with Gasteiger partial charge >= 0.3 is 0 Å². The molecule has 4 rings (SSSR count). The van der Waals surface area contributed by atoms with Gasteiger partial charge in [0.1, 0.15) is 5.02 Å². The van der Waals surface area contributed by atoms with E-state index in [1.165, 1.54) is 6.20 Å². The highest BCUT2D eigenvalue weighted by atomic mass is 35.5. The summed E-state index contributed by atoms with van der Waals surface area (Å²) in [5.41, 5.74) is 2.71. The van der Waals surface area contributed by atoms with Crippen molar-refractivity contribution in [3.05, 3.63) is 91.9 Å². The smallest absolute Gasteiger partial charge is 0.291 e. The normalized spacial score (nSPS) is 11.0. The second-order valence-corrected chi connectivity index (χ2v) is 7.23. The van der Waals surface area contributed by atoms with Gasteiger partial charge in [0.15, 0.2) is 0 Å². The van der Waals surface area contributed by atoms with Crippen molar-refractivity contribution in [2.45, 2.75) is 6.54 Å². The lowest BCUT2D eigenvalue weighted by molar-refractivity contribution is 0.807. The molecule has 0 atom stereocenters. The van der Waals surface area contributed by atoms with E-state index in [0.717, 1.165) is 26.8 Å². The first-order valence-corrected chi connectivity index (χ1v) is 9.48. The molecule has 4 aromatic rings. The highest BCUT2D eigenvalue weighted by molar-refractivity contribution is 6.41. The van der Waals surface area contributed by atoms with E-state index in [9.17, 15) is 4.79 Å². The molecule has 0 radical (unpaired) electrons. The van der Waals surface area contributed by atoms with Gasteiger partial charge in [-0.05, 0) is 29.8 Å². The molecule has 28 heavy (non-hydrogen) atoms. The first kappa shape index (κ1) is 18.7. The Bertz CT molecular complexity index is 1230. The molecule has 2 aromatic carbocycles. The van der Waals surface area contributed by atoms with E-state index in [-0.39, 0.29) is 10.0 Å². The number of nitrogens with one attached hydrogen (secondary N) is 1. The average molecular weight is 432 g/mol. The maximum absolute atomic E-state index is 12.2. The zero-order valence-electron chi connectivity index (χ0n) is 14.4. The van der Waals surface area contributed by atoms with Crippen LogP contribution in [0.5, 0.6) is 0 Å². The van der Waals surface area contributed by atoms with Crippen molar-refractivity contribution in [3.63, 3.8) is 0 Å². The monoisotopic (exact) mass is 430 g/mol. The molecule has 1 N–H and O–H groups in total. The summed E-state index contributed by atoms with van der Waals surface area (Å²) in [4.78, 5) is 16.7. The molecule has 0 aliphatic carbocycles. The Morgan fingerprint density at radius 2 is 1.82 bits per heavy atom. The number of benzene rings is 2. The molecule has 0 spiro atoms. The largest absolute Gasteiger partial charge is 0.380 e. The van der Waals surface area contributed by atoms with Crippen molar-refractivity contribution in [1.29, 1.82) is 0 Å². The predicted molar refractivity (Wildman–Crippen MR) is 114 cm³/mol. The highest BCUT2D eigenvalue weighted by Gasteiger charge is 2.11. The summed E-state index contributed by atoms with van der Waals surface area (Å²) in [7, 11) is 0. The third-order valence-corrected chi connectivity index (χ3v) is 5.32. The molecule has 0 amide bonds. The number of anilines is 1. The fraction of sp³-hybridized carbons (Fsp3) is 0.0500. The lowest BCUT2D eigenvalue weighted by atomic mass is 10.1. The van der Waals surface area contributed by atoms with Gasteiger partial charge in [0, 0.05) is 18.1 Å². The van der Waals surface area contributed by atoms with Gasteiger partial charge < -0.3 is 5.32 Å². The summed E-state index contributed by atoms with van der Waals surface area (Å²) in [5.74, 6) is 0. The van der Waals surface area contributed by atoms with Gasteiger partial charge in [-0.15, -0.1) is 0 Å². The van der Waals surface area contributed by atoms with Crippen molar-refractivity contribution < 1.29 is 0 Å². The van der Waals surface area contributed by atoms with E-state index < -0.39 is 5.56 Å². The quantitative estimate of drug-likeness (QED) is 0.473. The summed E-state index contributed by atoms with van der Waals surface area (Å²) in [5, 5.41) is 8.87. The average Bonchev–Trinajstić information content (AvgIpc) is 2.71. The topological polar surface area (TPSA) is 59.8 Å². The fourth-order valence-electron chi connectivity index (χ4n) is 2.88. The van der Waals surface area contributed by atoms with E-state index in [2.05, 4.69) is 15.4 Å². The van der Waals surface area contributed by atoms with Gasteiger partial charge in [-0.25, -0.2) is 0 Å². The summed E-state index contributed by atoms with van der Waals surface area (Å²) in [6.07, 6.45) is 3.09. The lowest BCUT2D eigenvalue weighted by Gasteiger charge is -2.12. The third-order valence-electron chi connectivity index (χ3n) is 4.26. The summed E-state index contributed by atoms with van der Waals surface area (Å²) in [6, 6.07) is 15.1. The Balaban J connectivity index is 1.60. The number of hydrogen-bond acceptors (Lipinski definition) is 4. The molecule has 2 heterocycles. The van der Waals surface area contributed by atoms with Crippen LogP contribution in [0.2, 0.25) is 15.1 Å². The van der Waals surface area contributed by atoms with E-state index in [4.69, 9.17) is 34.8 Å². The minimum Gasteiger partial charge on any atom is -0.380 e. The zero-order chi connectivity index (χ0) is 19.7. The van der Waals surface area contributed by atoms with Crippen molar-refractivity contribution in [3.8, 4) is 5.69 Å². The molecule has 2 aromatic heterocycles. The maximum Gasteiger partial charge on any atom is 0.291 e. The number of rotatable bonds is 4. The highest BCUT2D eigenvalue weighted by Crippen LogP contribution is 2.26. The molecule has 0 saturated carbocycles. The van der Waals surface area contributed by atoms with Crippen LogP contribution in [0.15, 0.2) is 65.7 Å². The van der Waals surface area contributed by atoms with Crippen molar-refractivity contribution in [1.82, 2.24) is 14.8 Å². The van der Waals surface area contributed by atoms with E-state index in [1.54, 1.807) is 24.4 Å². The van der Waals surface area contributed by atoms with E-state index >= 15 is 0 Å². The maximum atomic E-state index is 12.2. The summed E-state index contributed by atoms with van der Waals surface area (Å²) < 4.78 is 1.15. The molecular weight excluding hydrogens is 419 g/mol. The Morgan fingerprint density at radius 3 is 2.64 bits per heavy atom. The Hall–Kier alpha value is -2.60. The molecular formula is C20H13Cl3N4O. The van der Waals surface area contributed by atoms with Crippen molar-refractivity contribution in [2.24, 2.45) is 0 Å². The minimum absolute atomic E-state index is 0.0848. The molecule has 140 valence electrons. The Morgan fingerprint density at radius 1 is 1.00 bits per heavy atom. The van der Waals surface area contributed by atoms with Crippen LogP contribution in [-0.2, 0) is 6.54 Å². The van der Waals surface area contributed by atoms with Crippen LogP contribution in [-0.4, -0.2) is 14.8 Å². The van der Waals surface area contributed by atoms with Crippen LogP contribution in [0, 0.1) is 0 Å². The molecule has 8 heteroatoms. The molecule has 0 fully saturated rings. The third kappa shape index (κ3) is 3.56. The number of nitrogens with zero attached hydrogens (tertiary/aromatic N) is 3. The van der Waals surface area contributed by atoms with Crippen LogP contribution in [0.25, 0.3) is 16.6 Å². The molecule has 0 saturated heterocycles. The summed E-state index contributed by atoms with van der Waals surface area (Å²) in [6.45, 7) is 0.554. The molecule has 0 aliphatic rings. The second kappa shape index (κ2) is 7.80. The van der Waals surface area contributed by atoms with Gasteiger partial charge in [0.2, 0.25) is 0 Å². The molecule has 5 nitrogen and oxygen atoms in total. The first-order chi connectivity index (χ1) is 13.5. The number of pyridine rings is 1. The first-order valence-electron chi connectivity index (χ1n) is 8.34. The number of para-hydroxylation sites is 1. The fourth-order valence-corrected chi connectivity index (χ4v) is 3.37. The number of fused-ring (bicyclic) bond motifs is 1. The minimum atomic E-state index is -0.507. The zero-order valence-corrected chi connectivity index (χ0v) is 16.6. The lowest BCUT2D eigenvalue weighted by Crippen LogP contribution is -2.21. The SMILES string of the molecule is O=c1c(Cl)c(Cl)cnn1-c1ccc(NCc2cccc3cccnc23)c(Cl)c1.